The van der Waals surface area contributed by atoms with Crippen LogP contribution in [0.4, 0.5) is 0 Å². The van der Waals surface area contributed by atoms with Crippen LogP contribution in [0.3, 0.4) is 0 Å². The van der Waals surface area contributed by atoms with Gasteiger partial charge in [0.2, 0.25) is 0 Å². The van der Waals surface area contributed by atoms with Crippen LogP contribution in [0.2, 0.25) is 0 Å². The Morgan fingerprint density at radius 1 is 1.33 bits per heavy atom. The largest absolute Gasteiger partial charge is 0.493 e. The lowest BCUT2D eigenvalue weighted by Gasteiger charge is -2.30. The summed E-state index contributed by atoms with van der Waals surface area (Å²) in [4.78, 5) is 14.3. The predicted molar refractivity (Wildman–Crippen MR) is 84.5 cm³/mol. The first-order valence-electron chi connectivity index (χ1n) is 7.01. The monoisotopic (exact) mass is 314 g/mol. The van der Waals surface area contributed by atoms with Crippen LogP contribution in [0.1, 0.15) is 30.1 Å². The van der Waals surface area contributed by atoms with Gasteiger partial charge in [0.1, 0.15) is 0 Å². The first kappa shape index (κ1) is 17.6. The second kappa shape index (κ2) is 8.10. The van der Waals surface area contributed by atoms with E-state index < -0.39 is 0 Å². The minimum absolute atomic E-state index is 0. The molecule has 2 N–H and O–H groups in total. The molecule has 0 radical (unpaired) electrons. The Labute approximate surface area is 131 Å². The van der Waals surface area contributed by atoms with Gasteiger partial charge in [0.15, 0.2) is 11.5 Å². The molecule has 0 aromatic heterocycles. The summed E-state index contributed by atoms with van der Waals surface area (Å²) in [7, 11) is 1.58. The van der Waals surface area contributed by atoms with E-state index in [2.05, 4.69) is 0 Å². The Kier molecular flexibility index (Phi) is 6.78. The summed E-state index contributed by atoms with van der Waals surface area (Å²) in [6.45, 7) is 3.91. The highest BCUT2D eigenvalue weighted by atomic mass is 35.5. The van der Waals surface area contributed by atoms with E-state index in [1.54, 1.807) is 25.3 Å². The van der Waals surface area contributed by atoms with Crippen LogP contribution in [-0.2, 0) is 0 Å². The van der Waals surface area contributed by atoms with Gasteiger partial charge in [-0.2, -0.15) is 0 Å². The first-order valence-corrected chi connectivity index (χ1v) is 7.01. The van der Waals surface area contributed by atoms with Gasteiger partial charge < -0.3 is 20.1 Å². The van der Waals surface area contributed by atoms with Gasteiger partial charge in [-0.25, -0.2) is 0 Å². The van der Waals surface area contributed by atoms with E-state index in [1.165, 1.54) is 0 Å². The van der Waals surface area contributed by atoms with E-state index in [9.17, 15) is 4.79 Å². The number of nitrogens with two attached hydrogens (primary N) is 1. The van der Waals surface area contributed by atoms with Gasteiger partial charge in [-0.1, -0.05) is 0 Å². The van der Waals surface area contributed by atoms with Crippen molar-refractivity contribution in [2.24, 2.45) is 5.73 Å². The van der Waals surface area contributed by atoms with Crippen molar-refractivity contribution in [3.8, 4) is 11.5 Å². The molecule has 1 aliphatic rings. The summed E-state index contributed by atoms with van der Waals surface area (Å²) in [5.74, 6) is 1.27. The molecular weight excluding hydrogens is 292 g/mol. The van der Waals surface area contributed by atoms with Crippen molar-refractivity contribution in [1.82, 2.24) is 4.90 Å². The van der Waals surface area contributed by atoms with Crippen molar-refractivity contribution in [2.45, 2.75) is 25.8 Å². The molecule has 2 rings (SSSR count). The van der Waals surface area contributed by atoms with Crippen LogP contribution >= 0.6 is 12.4 Å². The van der Waals surface area contributed by atoms with Crippen molar-refractivity contribution in [3.63, 3.8) is 0 Å². The van der Waals surface area contributed by atoms with Crippen LogP contribution in [0.5, 0.6) is 11.5 Å². The molecule has 6 heteroatoms. The smallest absolute Gasteiger partial charge is 0.253 e. The molecule has 118 valence electrons. The molecule has 0 spiro atoms. The number of carbonyl (C=O) groups is 1. The Bertz CT molecular complexity index is 474. The molecule has 1 fully saturated rings. The quantitative estimate of drug-likeness (QED) is 0.924. The SMILES string of the molecule is CCOc1ccc(C(=O)N2CCC(N)CC2)cc1OC.Cl. The third-order valence-electron chi connectivity index (χ3n) is 3.54. The van der Waals surface area contributed by atoms with Gasteiger partial charge in [-0.15, -0.1) is 12.4 Å². The maximum Gasteiger partial charge on any atom is 0.253 e. The summed E-state index contributed by atoms with van der Waals surface area (Å²) < 4.78 is 10.7. The maximum atomic E-state index is 12.4. The van der Waals surface area contributed by atoms with E-state index >= 15 is 0 Å². The number of hydrogen-bond donors (Lipinski definition) is 1. The summed E-state index contributed by atoms with van der Waals surface area (Å²) in [6, 6.07) is 5.52. The maximum absolute atomic E-state index is 12.4. The molecule has 21 heavy (non-hydrogen) atoms. The number of amides is 1. The highest BCUT2D eigenvalue weighted by Crippen LogP contribution is 2.28. The van der Waals surface area contributed by atoms with Crippen molar-refractivity contribution in [2.75, 3.05) is 26.8 Å². The number of hydrogen-bond acceptors (Lipinski definition) is 4. The summed E-state index contributed by atoms with van der Waals surface area (Å²) in [6.07, 6.45) is 1.72. The van der Waals surface area contributed by atoms with E-state index in [-0.39, 0.29) is 24.4 Å². The highest BCUT2D eigenvalue weighted by molar-refractivity contribution is 5.95. The molecule has 1 heterocycles. The van der Waals surface area contributed by atoms with Crippen molar-refractivity contribution < 1.29 is 14.3 Å². The molecule has 0 bridgehead atoms. The number of carbonyl (C=O) groups excluding carboxylic acids is 1. The molecule has 1 aromatic rings. The zero-order valence-electron chi connectivity index (χ0n) is 12.5. The van der Waals surface area contributed by atoms with E-state index in [4.69, 9.17) is 15.2 Å². The molecule has 0 unspecified atom stereocenters. The van der Waals surface area contributed by atoms with Crippen molar-refractivity contribution in [1.29, 1.82) is 0 Å². The number of rotatable bonds is 4. The molecule has 0 saturated carbocycles. The Morgan fingerprint density at radius 2 is 2.00 bits per heavy atom. The van der Waals surface area contributed by atoms with Crippen molar-refractivity contribution >= 4 is 18.3 Å². The number of ether oxygens (including phenoxy) is 2. The second-order valence-corrected chi connectivity index (χ2v) is 4.93. The first-order chi connectivity index (χ1) is 9.65. The zero-order valence-corrected chi connectivity index (χ0v) is 13.3. The predicted octanol–water partition coefficient (Wildman–Crippen LogP) is 2.08. The summed E-state index contributed by atoms with van der Waals surface area (Å²) >= 11 is 0. The van der Waals surface area contributed by atoms with Crippen LogP contribution in [0, 0.1) is 0 Å². The third kappa shape index (κ3) is 4.25. The lowest BCUT2D eigenvalue weighted by atomic mass is 10.0. The lowest BCUT2D eigenvalue weighted by molar-refractivity contribution is 0.0714. The Morgan fingerprint density at radius 3 is 2.57 bits per heavy atom. The van der Waals surface area contributed by atoms with Gasteiger partial charge >= 0.3 is 0 Å². The molecule has 1 aliphatic heterocycles. The summed E-state index contributed by atoms with van der Waals surface area (Å²) in [5.41, 5.74) is 6.49. The Balaban J connectivity index is 0.00000220. The molecule has 0 aliphatic carbocycles. The van der Waals surface area contributed by atoms with Crippen LogP contribution in [-0.4, -0.2) is 43.7 Å². The molecule has 1 amide bonds. The topological polar surface area (TPSA) is 64.8 Å². The van der Waals surface area contributed by atoms with Gasteiger partial charge in [0, 0.05) is 24.7 Å². The molecule has 0 atom stereocenters. The summed E-state index contributed by atoms with van der Waals surface area (Å²) in [5, 5.41) is 0. The standard InChI is InChI=1S/C15H22N2O3.ClH/c1-3-20-13-5-4-11(10-14(13)19-2)15(18)17-8-6-12(16)7-9-17;/h4-5,10,12H,3,6-9,16H2,1-2H3;1H. The normalized spacial score (nSPS) is 15.3. The van der Waals surface area contributed by atoms with Crippen LogP contribution in [0.15, 0.2) is 18.2 Å². The fraction of sp³-hybridized carbons (Fsp3) is 0.533. The fourth-order valence-corrected chi connectivity index (χ4v) is 2.36. The number of nitrogens with zero attached hydrogens (tertiary/aromatic N) is 1. The van der Waals surface area contributed by atoms with Crippen LogP contribution in [0.25, 0.3) is 0 Å². The number of likely N-dealkylation sites (tertiary alicyclic amines) is 1. The average molecular weight is 315 g/mol. The molecule has 1 aromatic carbocycles. The van der Waals surface area contributed by atoms with Gasteiger partial charge in [-0.05, 0) is 38.0 Å². The Hall–Kier alpha value is -1.46. The number of methoxy groups -OCH3 is 1. The van der Waals surface area contributed by atoms with Gasteiger partial charge in [0.25, 0.3) is 5.91 Å². The molecule has 1 saturated heterocycles. The lowest BCUT2D eigenvalue weighted by Crippen LogP contribution is -2.42. The highest BCUT2D eigenvalue weighted by Gasteiger charge is 2.22. The second-order valence-electron chi connectivity index (χ2n) is 4.93. The molecular formula is C15H23ClN2O3. The van der Waals surface area contributed by atoms with Crippen LogP contribution < -0.4 is 15.2 Å². The van der Waals surface area contributed by atoms with E-state index in [1.807, 2.05) is 11.8 Å². The van der Waals surface area contributed by atoms with Gasteiger partial charge in [-0.3, -0.25) is 4.79 Å². The van der Waals surface area contributed by atoms with Gasteiger partial charge in [0.05, 0.1) is 13.7 Å². The average Bonchev–Trinajstić information content (AvgIpc) is 2.48. The zero-order chi connectivity index (χ0) is 14.5. The number of piperidine rings is 1. The fourth-order valence-electron chi connectivity index (χ4n) is 2.36. The minimum Gasteiger partial charge on any atom is -0.493 e. The number of benzene rings is 1. The van der Waals surface area contributed by atoms with Crippen molar-refractivity contribution in [3.05, 3.63) is 23.8 Å². The van der Waals surface area contributed by atoms with E-state index in [0.717, 1.165) is 25.9 Å². The molecule has 5 nitrogen and oxygen atoms in total. The number of halogens is 1. The third-order valence-corrected chi connectivity index (χ3v) is 3.54. The van der Waals surface area contributed by atoms with E-state index in [0.29, 0.717) is 23.7 Å². The minimum atomic E-state index is 0.